The van der Waals surface area contributed by atoms with E-state index in [-0.39, 0.29) is 26.1 Å². The third-order valence-electron chi connectivity index (χ3n) is 12.8. The second kappa shape index (κ2) is 56.4. The molecule has 0 bridgehead atoms. The van der Waals surface area contributed by atoms with Crippen molar-refractivity contribution in [3.63, 3.8) is 0 Å². The Morgan fingerprint density at radius 3 is 1.13 bits per heavy atom. The number of rotatable bonds is 55. The predicted molar refractivity (Wildman–Crippen MR) is 323 cm³/mol. The molecule has 0 fully saturated rings. The van der Waals surface area contributed by atoms with Crippen molar-refractivity contribution in [1.82, 2.24) is 0 Å². The molecule has 0 rings (SSSR count). The topological polar surface area (TPSA) is 111 Å². The summed E-state index contributed by atoms with van der Waals surface area (Å²) >= 11 is 0. The maximum atomic E-state index is 12.8. The first-order chi connectivity index (χ1) is 37.0. The number of nitrogens with zero attached hydrogens (tertiary/aromatic N) is 1. The lowest BCUT2D eigenvalue weighted by atomic mass is 10.0. The first-order valence-electron chi connectivity index (χ1n) is 30.6. The molecule has 0 aliphatic rings. The summed E-state index contributed by atoms with van der Waals surface area (Å²) in [6.45, 7) is 4.09. The Bertz CT molecular complexity index is 1650. The van der Waals surface area contributed by atoms with Crippen LogP contribution in [0.1, 0.15) is 245 Å². The van der Waals surface area contributed by atoms with Gasteiger partial charge in [-0.05, 0) is 103 Å². The molecule has 0 N–H and O–H groups in total. The van der Waals surface area contributed by atoms with Gasteiger partial charge < -0.3 is 27.9 Å². The molecule has 0 heterocycles. The summed E-state index contributed by atoms with van der Waals surface area (Å²) in [5.41, 5.74) is 0. The number of unbranched alkanes of at least 4 members (excludes halogenated alkanes) is 23. The highest BCUT2D eigenvalue weighted by atomic mass is 31.2. The number of esters is 2. The summed E-state index contributed by atoms with van der Waals surface area (Å²) in [6.07, 6.45) is 78.7. The minimum Gasteiger partial charge on any atom is -0.756 e. The number of likely N-dealkylation sites (N-methyl/N-ethyl adjacent to an activating group) is 1. The number of phosphoric acid groups is 1. The summed E-state index contributed by atoms with van der Waals surface area (Å²) in [4.78, 5) is 37.8. The van der Waals surface area contributed by atoms with Gasteiger partial charge in [0.05, 0.1) is 27.7 Å². The lowest BCUT2D eigenvalue weighted by Crippen LogP contribution is -2.37. The van der Waals surface area contributed by atoms with Crippen LogP contribution < -0.4 is 4.89 Å². The van der Waals surface area contributed by atoms with Gasteiger partial charge in [0.15, 0.2) is 6.10 Å². The molecule has 9 nitrogen and oxygen atoms in total. The zero-order valence-corrected chi connectivity index (χ0v) is 50.3. The van der Waals surface area contributed by atoms with Gasteiger partial charge in [0.25, 0.3) is 7.82 Å². The largest absolute Gasteiger partial charge is 0.756 e. The second-order valence-electron chi connectivity index (χ2n) is 21.3. The van der Waals surface area contributed by atoms with E-state index in [4.69, 9.17) is 18.5 Å². The van der Waals surface area contributed by atoms with Crippen LogP contribution in [0.15, 0.2) is 109 Å². The number of hydrogen-bond acceptors (Lipinski definition) is 8. The molecular weight excluding hydrogens is 966 g/mol. The predicted octanol–water partition coefficient (Wildman–Crippen LogP) is 18.7. The van der Waals surface area contributed by atoms with Crippen LogP contribution in [0.25, 0.3) is 0 Å². The standard InChI is InChI=1S/C66H114NO8P/c1-6-8-10-12-14-16-18-20-21-22-23-24-25-26-27-28-29-30-31-32-33-34-35-36-37-38-39-40-41-42-43-44-45-47-49-51-53-55-57-59-66(69)75-64(63-74-76(70,71)73-61-60-67(3,4)5)62-72-65(68)58-56-54-52-50-48-46-19-17-15-13-11-9-7-2/h8,10,14,16-17,19-21,23-24,26-27,29-30,32-33,35-36,64H,6-7,9,11-13,15,18,22,25,28,31,34,37-63H2,1-5H3/b10-8-,16-14-,19-17-,21-20-,24-23-,27-26-,30-29-,33-32-,36-35-. The van der Waals surface area contributed by atoms with E-state index in [0.717, 1.165) is 109 Å². The molecule has 0 aromatic carbocycles. The molecule has 0 saturated carbocycles. The van der Waals surface area contributed by atoms with E-state index in [0.29, 0.717) is 17.4 Å². The van der Waals surface area contributed by atoms with E-state index in [9.17, 15) is 19.0 Å². The maximum Gasteiger partial charge on any atom is 0.306 e. The maximum absolute atomic E-state index is 12.8. The van der Waals surface area contributed by atoms with Crippen LogP contribution in [0.5, 0.6) is 0 Å². The van der Waals surface area contributed by atoms with Gasteiger partial charge in [-0.25, -0.2) is 0 Å². The molecule has 0 aliphatic heterocycles. The Morgan fingerprint density at radius 2 is 0.750 bits per heavy atom. The van der Waals surface area contributed by atoms with Crippen molar-refractivity contribution >= 4 is 19.8 Å². The molecule has 2 atom stereocenters. The highest BCUT2D eigenvalue weighted by Gasteiger charge is 2.22. The molecular formula is C66H114NO8P. The van der Waals surface area contributed by atoms with Crippen LogP contribution in [0, 0.1) is 0 Å². The summed E-state index contributed by atoms with van der Waals surface area (Å²) in [5, 5.41) is 0. The fourth-order valence-electron chi connectivity index (χ4n) is 8.08. The first-order valence-corrected chi connectivity index (χ1v) is 32.1. The van der Waals surface area contributed by atoms with Crippen molar-refractivity contribution in [3.05, 3.63) is 109 Å². The lowest BCUT2D eigenvalue weighted by Gasteiger charge is -2.28. The zero-order valence-electron chi connectivity index (χ0n) is 49.4. The third kappa shape index (κ3) is 59.9. The number of allylic oxidation sites excluding steroid dienone is 18. The highest BCUT2D eigenvalue weighted by Crippen LogP contribution is 2.38. The molecule has 0 saturated heterocycles. The van der Waals surface area contributed by atoms with Gasteiger partial charge in [0, 0.05) is 12.8 Å². The van der Waals surface area contributed by atoms with Crippen LogP contribution in [0.2, 0.25) is 0 Å². The van der Waals surface area contributed by atoms with E-state index in [1.165, 1.54) is 103 Å². The Kier molecular flexibility index (Phi) is 53.9. The molecule has 2 unspecified atom stereocenters. The number of carbonyl (C=O) groups is 2. The fourth-order valence-corrected chi connectivity index (χ4v) is 8.81. The van der Waals surface area contributed by atoms with Crippen molar-refractivity contribution in [2.75, 3.05) is 47.5 Å². The summed E-state index contributed by atoms with van der Waals surface area (Å²) in [5.74, 6) is -0.845. The normalized spacial score (nSPS) is 14.0. The first kappa shape index (κ1) is 72.7. The van der Waals surface area contributed by atoms with Crippen molar-refractivity contribution in [1.29, 1.82) is 0 Å². The lowest BCUT2D eigenvalue weighted by molar-refractivity contribution is -0.870. The molecule has 436 valence electrons. The van der Waals surface area contributed by atoms with Gasteiger partial charge in [-0.2, -0.15) is 0 Å². The van der Waals surface area contributed by atoms with Gasteiger partial charge in [-0.15, -0.1) is 0 Å². The minimum atomic E-state index is -4.64. The van der Waals surface area contributed by atoms with Crippen LogP contribution in [0.4, 0.5) is 0 Å². The minimum absolute atomic E-state index is 0.0354. The van der Waals surface area contributed by atoms with E-state index in [1.807, 2.05) is 21.1 Å². The van der Waals surface area contributed by atoms with Crippen molar-refractivity contribution in [3.8, 4) is 0 Å². The van der Waals surface area contributed by atoms with E-state index < -0.39 is 32.5 Å². The van der Waals surface area contributed by atoms with Crippen molar-refractivity contribution in [2.24, 2.45) is 0 Å². The zero-order chi connectivity index (χ0) is 55.6. The Labute approximate surface area is 467 Å². The molecule has 10 heteroatoms. The van der Waals surface area contributed by atoms with Gasteiger partial charge in [-0.1, -0.05) is 239 Å². The average molecular weight is 1080 g/mol. The van der Waals surface area contributed by atoms with E-state index in [1.54, 1.807) is 0 Å². The van der Waals surface area contributed by atoms with Gasteiger partial charge in [-0.3, -0.25) is 14.2 Å². The molecule has 0 spiro atoms. The molecule has 0 radical (unpaired) electrons. The van der Waals surface area contributed by atoms with Gasteiger partial charge in [0.2, 0.25) is 0 Å². The molecule has 0 amide bonds. The molecule has 0 aromatic rings. The Hall–Kier alpha value is -3.33. The number of carbonyl (C=O) groups excluding carboxylic acids is 2. The second-order valence-corrected chi connectivity index (χ2v) is 22.7. The van der Waals surface area contributed by atoms with Crippen LogP contribution >= 0.6 is 7.82 Å². The summed E-state index contributed by atoms with van der Waals surface area (Å²) in [6, 6.07) is 0. The number of hydrogen-bond donors (Lipinski definition) is 0. The van der Waals surface area contributed by atoms with Crippen molar-refractivity contribution in [2.45, 2.75) is 251 Å². The van der Waals surface area contributed by atoms with E-state index in [2.05, 4.69) is 123 Å². The van der Waals surface area contributed by atoms with Crippen LogP contribution in [-0.2, 0) is 32.7 Å². The summed E-state index contributed by atoms with van der Waals surface area (Å²) in [7, 11) is 1.16. The monoisotopic (exact) mass is 1080 g/mol. The van der Waals surface area contributed by atoms with E-state index >= 15 is 0 Å². The fraction of sp³-hybridized carbons (Fsp3) is 0.697. The van der Waals surface area contributed by atoms with Gasteiger partial charge in [0.1, 0.15) is 19.8 Å². The molecule has 0 aromatic heterocycles. The molecule has 76 heavy (non-hydrogen) atoms. The smallest absolute Gasteiger partial charge is 0.306 e. The Balaban J connectivity index is 4.02. The molecule has 0 aliphatic carbocycles. The highest BCUT2D eigenvalue weighted by molar-refractivity contribution is 7.45. The van der Waals surface area contributed by atoms with Gasteiger partial charge >= 0.3 is 11.9 Å². The number of ether oxygens (including phenoxy) is 2. The van der Waals surface area contributed by atoms with Crippen molar-refractivity contribution < 1.29 is 42.1 Å². The number of phosphoric ester groups is 1. The third-order valence-corrected chi connectivity index (χ3v) is 13.7. The quantitative estimate of drug-likeness (QED) is 0.0195. The average Bonchev–Trinajstić information content (AvgIpc) is 3.38. The SMILES string of the molecule is CC/C=C\C/C=C\C/C=C\C/C=C\C/C=C\C/C=C\C/C=C\C/C=C\CCCCCCCCCCCCCCCCC(=O)OC(COC(=O)CCCCCCC/C=C\CCCCCC)COP(=O)([O-])OCC[N+](C)(C)C. The Morgan fingerprint density at radius 1 is 0.421 bits per heavy atom. The van der Waals surface area contributed by atoms with Crippen LogP contribution in [-0.4, -0.2) is 70.0 Å². The summed E-state index contributed by atoms with van der Waals surface area (Å²) < 4.78 is 34.1. The number of quaternary nitrogens is 1. The van der Waals surface area contributed by atoms with Crippen LogP contribution in [0.3, 0.4) is 0 Å².